The summed E-state index contributed by atoms with van der Waals surface area (Å²) < 4.78 is 41.1. The van der Waals surface area contributed by atoms with Crippen LogP contribution in [0.3, 0.4) is 0 Å². The second-order valence-corrected chi connectivity index (χ2v) is 11.5. The molecule has 0 aliphatic carbocycles. The molecular formula is C24H31F3N8OS. The first-order valence-corrected chi connectivity index (χ1v) is 13.4. The quantitative estimate of drug-likeness (QED) is 0.508. The largest absolute Gasteiger partial charge is 0.451 e. The molecule has 3 aromatic rings. The topological polar surface area (TPSA) is 106 Å². The lowest BCUT2D eigenvalue weighted by molar-refractivity contribution is -0.147. The summed E-state index contributed by atoms with van der Waals surface area (Å²) in [6.07, 6.45) is -1.03. The van der Waals surface area contributed by atoms with Crippen LogP contribution in [0.1, 0.15) is 56.6 Å². The average Bonchev–Trinajstić information content (AvgIpc) is 3.47. The lowest BCUT2D eigenvalue weighted by Crippen LogP contribution is -2.45. The summed E-state index contributed by atoms with van der Waals surface area (Å²) in [7, 11) is 0. The number of piperidine rings is 1. The number of halogens is 3. The van der Waals surface area contributed by atoms with Crippen molar-refractivity contribution in [1.82, 2.24) is 24.7 Å². The zero-order valence-electron chi connectivity index (χ0n) is 21.2. The van der Waals surface area contributed by atoms with Gasteiger partial charge in [-0.1, -0.05) is 27.2 Å². The van der Waals surface area contributed by atoms with Crippen molar-refractivity contribution < 1.29 is 18.0 Å². The Kier molecular flexibility index (Phi) is 6.53. The van der Waals surface area contributed by atoms with Gasteiger partial charge in [-0.2, -0.15) is 18.2 Å². The maximum Gasteiger partial charge on any atom is 0.451 e. The van der Waals surface area contributed by atoms with E-state index in [-0.39, 0.29) is 30.7 Å². The minimum Gasteiger partial charge on any atom is -0.369 e. The SMILES string of the molecule is CCCc1cc2c(N3CCn4c(nnc4C(F)(F)F)C3)nc(N3CCC(C(C)(C)C(N)=O)CC3)nc2s1. The van der Waals surface area contributed by atoms with Crippen LogP contribution in [0.2, 0.25) is 0 Å². The molecule has 0 spiro atoms. The Bertz CT molecular complexity index is 1310. The van der Waals surface area contributed by atoms with Crippen molar-refractivity contribution >= 4 is 39.2 Å². The molecule has 200 valence electrons. The van der Waals surface area contributed by atoms with Gasteiger partial charge in [0.25, 0.3) is 0 Å². The Balaban J connectivity index is 1.46. The van der Waals surface area contributed by atoms with Crippen LogP contribution in [0.15, 0.2) is 6.07 Å². The summed E-state index contributed by atoms with van der Waals surface area (Å²) in [5.74, 6) is 0.508. The number of amides is 1. The number of carbonyl (C=O) groups is 1. The maximum atomic E-state index is 13.3. The Morgan fingerprint density at radius 3 is 2.49 bits per heavy atom. The lowest BCUT2D eigenvalue weighted by Gasteiger charge is -2.39. The van der Waals surface area contributed by atoms with E-state index in [1.807, 2.05) is 18.7 Å². The average molecular weight is 537 g/mol. The smallest absolute Gasteiger partial charge is 0.369 e. The number of carbonyl (C=O) groups excluding carboxylic acids is 1. The van der Waals surface area contributed by atoms with E-state index in [0.29, 0.717) is 31.4 Å². The van der Waals surface area contributed by atoms with E-state index in [2.05, 4.69) is 28.1 Å². The fourth-order valence-electron chi connectivity index (χ4n) is 5.25. The highest BCUT2D eigenvalue weighted by Crippen LogP contribution is 2.39. The molecule has 0 atom stereocenters. The summed E-state index contributed by atoms with van der Waals surface area (Å²) in [6.45, 7) is 7.97. The third kappa shape index (κ3) is 4.73. The number of aryl methyl sites for hydroxylation is 1. The van der Waals surface area contributed by atoms with E-state index >= 15 is 0 Å². The molecule has 1 fully saturated rings. The van der Waals surface area contributed by atoms with Crippen LogP contribution in [0.4, 0.5) is 24.9 Å². The van der Waals surface area contributed by atoms with Crippen molar-refractivity contribution in [3.8, 4) is 0 Å². The van der Waals surface area contributed by atoms with E-state index in [9.17, 15) is 18.0 Å². The second-order valence-electron chi connectivity index (χ2n) is 10.4. The van der Waals surface area contributed by atoms with Gasteiger partial charge >= 0.3 is 6.18 Å². The molecule has 0 unspecified atom stereocenters. The van der Waals surface area contributed by atoms with E-state index in [0.717, 1.165) is 40.5 Å². The Labute approximate surface area is 216 Å². The molecule has 0 saturated carbocycles. The van der Waals surface area contributed by atoms with Gasteiger partial charge in [0.05, 0.1) is 11.9 Å². The number of nitrogens with two attached hydrogens (primary N) is 1. The van der Waals surface area contributed by atoms with Gasteiger partial charge < -0.3 is 20.1 Å². The van der Waals surface area contributed by atoms with E-state index in [1.54, 1.807) is 11.3 Å². The van der Waals surface area contributed by atoms with Crippen molar-refractivity contribution in [2.75, 3.05) is 29.4 Å². The summed E-state index contributed by atoms with van der Waals surface area (Å²) in [6, 6.07) is 2.10. The molecule has 9 nitrogen and oxygen atoms in total. The van der Waals surface area contributed by atoms with E-state index in [1.165, 1.54) is 4.88 Å². The first kappa shape index (κ1) is 25.7. The van der Waals surface area contributed by atoms with Gasteiger partial charge in [0.15, 0.2) is 5.82 Å². The molecule has 2 N–H and O–H groups in total. The molecule has 0 aromatic carbocycles. The molecule has 13 heteroatoms. The van der Waals surface area contributed by atoms with Crippen LogP contribution in [0.25, 0.3) is 10.2 Å². The number of nitrogens with zero attached hydrogens (tertiary/aromatic N) is 7. The molecule has 3 aromatic heterocycles. The highest BCUT2D eigenvalue weighted by Gasteiger charge is 2.40. The number of hydrogen-bond acceptors (Lipinski definition) is 8. The summed E-state index contributed by atoms with van der Waals surface area (Å²) in [5.41, 5.74) is 5.06. The van der Waals surface area contributed by atoms with Gasteiger partial charge in [0, 0.05) is 36.5 Å². The second kappa shape index (κ2) is 9.41. The minimum atomic E-state index is -4.54. The number of alkyl halides is 3. The van der Waals surface area contributed by atoms with Crippen LogP contribution in [0, 0.1) is 11.3 Å². The van der Waals surface area contributed by atoms with Crippen LogP contribution in [-0.4, -0.2) is 50.3 Å². The van der Waals surface area contributed by atoms with Crippen molar-refractivity contribution in [2.24, 2.45) is 17.1 Å². The zero-order valence-corrected chi connectivity index (χ0v) is 22.0. The number of aromatic nitrogens is 5. The number of anilines is 2. The fourth-order valence-corrected chi connectivity index (χ4v) is 6.37. The zero-order chi connectivity index (χ0) is 26.5. The van der Waals surface area contributed by atoms with Crippen LogP contribution in [-0.2, 0) is 30.5 Å². The molecule has 1 amide bonds. The molecule has 5 heterocycles. The highest BCUT2D eigenvalue weighted by molar-refractivity contribution is 7.18. The van der Waals surface area contributed by atoms with E-state index in [4.69, 9.17) is 15.7 Å². The molecule has 2 aliphatic rings. The monoisotopic (exact) mass is 536 g/mol. The minimum absolute atomic E-state index is 0.123. The molecule has 37 heavy (non-hydrogen) atoms. The molecular weight excluding hydrogens is 505 g/mol. The lowest BCUT2D eigenvalue weighted by atomic mass is 9.73. The standard InChI is InChI=1S/C24H31F3N8OS/c1-4-5-15-12-16-18(34-10-11-35-17(13-34)31-32-21(35)24(25,26)27)29-22(30-19(16)37-15)33-8-6-14(7-9-33)23(2,3)20(28)36/h12,14H,4-11,13H2,1-3H3,(H2,28,36). The Morgan fingerprint density at radius 2 is 1.84 bits per heavy atom. The number of primary amides is 1. The van der Waals surface area contributed by atoms with Crippen LogP contribution >= 0.6 is 11.3 Å². The van der Waals surface area contributed by atoms with Crippen molar-refractivity contribution in [3.05, 3.63) is 22.6 Å². The summed E-state index contributed by atoms with van der Waals surface area (Å²) in [4.78, 5) is 28.0. The molecule has 0 radical (unpaired) electrons. The van der Waals surface area contributed by atoms with Crippen molar-refractivity contribution in [3.63, 3.8) is 0 Å². The van der Waals surface area contributed by atoms with Crippen molar-refractivity contribution in [1.29, 1.82) is 0 Å². The van der Waals surface area contributed by atoms with Crippen LogP contribution < -0.4 is 15.5 Å². The van der Waals surface area contributed by atoms with Gasteiger partial charge in [0.2, 0.25) is 17.7 Å². The number of thiophene rings is 1. The summed E-state index contributed by atoms with van der Waals surface area (Å²) >= 11 is 1.63. The van der Waals surface area contributed by atoms with Crippen LogP contribution in [0.5, 0.6) is 0 Å². The van der Waals surface area contributed by atoms with E-state index < -0.39 is 17.4 Å². The number of fused-ring (bicyclic) bond motifs is 2. The maximum absolute atomic E-state index is 13.3. The molecule has 0 bridgehead atoms. The predicted octanol–water partition coefficient (Wildman–Crippen LogP) is 4.00. The first-order chi connectivity index (χ1) is 17.5. The highest BCUT2D eigenvalue weighted by atomic mass is 32.1. The third-order valence-electron chi connectivity index (χ3n) is 7.65. The van der Waals surface area contributed by atoms with Gasteiger partial charge in [-0.15, -0.1) is 21.5 Å². The number of rotatable bonds is 6. The Morgan fingerprint density at radius 1 is 1.11 bits per heavy atom. The van der Waals surface area contributed by atoms with Gasteiger partial charge in [0.1, 0.15) is 10.6 Å². The molecule has 5 rings (SSSR count). The van der Waals surface area contributed by atoms with Gasteiger partial charge in [-0.25, -0.2) is 4.98 Å². The van der Waals surface area contributed by atoms with Gasteiger partial charge in [-0.3, -0.25) is 4.79 Å². The first-order valence-electron chi connectivity index (χ1n) is 12.6. The normalized spacial score (nSPS) is 17.5. The summed E-state index contributed by atoms with van der Waals surface area (Å²) in [5, 5.41) is 8.15. The Hall–Kier alpha value is -2.96. The fraction of sp³-hybridized carbons (Fsp3) is 0.625. The molecule has 2 aliphatic heterocycles. The third-order valence-corrected chi connectivity index (χ3v) is 8.74. The van der Waals surface area contributed by atoms with Gasteiger partial charge in [-0.05, 0) is 31.2 Å². The van der Waals surface area contributed by atoms with Crippen molar-refractivity contribution in [2.45, 2.75) is 65.7 Å². The predicted molar refractivity (Wildman–Crippen MR) is 135 cm³/mol. The number of hydrogen-bond donors (Lipinski definition) is 1. The molecule has 1 saturated heterocycles.